The second kappa shape index (κ2) is 5.58. The number of hydrogen-bond donors (Lipinski definition) is 1. The topological polar surface area (TPSA) is 46.5 Å². The van der Waals surface area contributed by atoms with Crippen LogP contribution < -0.4 is 0 Å². The Morgan fingerprint density at radius 3 is 2.80 bits per heavy atom. The molecule has 0 aliphatic heterocycles. The molecule has 2 unspecified atom stereocenters. The second-order valence-electron chi connectivity index (χ2n) is 1.85. The zero-order valence-electron chi connectivity index (χ0n) is 6.11. The zero-order chi connectivity index (χ0) is 7.98. The van der Waals surface area contributed by atoms with Crippen molar-refractivity contribution in [2.75, 3.05) is 0 Å². The molecule has 60 valence electrons. The molecule has 0 aromatic carbocycles. The predicted octanol–water partition coefficient (Wildman–Crippen LogP) is 1.49. The smallest absolute Gasteiger partial charge is 0.284 e. The van der Waals surface area contributed by atoms with E-state index in [1.807, 2.05) is 13.0 Å². The molecule has 0 aromatic heterocycles. The van der Waals surface area contributed by atoms with Crippen molar-refractivity contribution in [3.63, 3.8) is 0 Å². The van der Waals surface area contributed by atoms with Gasteiger partial charge in [-0.3, -0.25) is 8.74 Å². The summed E-state index contributed by atoms with van der Waals surface area (Å²) in [5, 5.41) is 0. The SMILES string of the molecule is CC/C=C/C(C)OS(=O)O. The van der Waals surface area contributed by atoms with Crippen molar-refractivity contribution in [3.8, 4) is 0 Å². The Morgan fingerprint density at radius 1 is 1.80 bits per heavy atom. The van der Waals surface area contributed by atoms with Crippen LogP contribution in [0.2, 0.25) is 0 Å². The molecule has 2 atom stereocenters. The minimum Gasteiger partial charge on any atom is -0.284 e. The third-order valence-corrected chi connectivity index (χ3v) is 1.35. The minimum atomic E-state index is -2.15. The molecule has 0 radical (unpaired) electrons. The lowest BCUT2D eigenvalue weighted by molar-refractivity contribution is 0.266. The van der Waals surface area contributed by atoms with Gasteiger partial charge in [-0.15, -0.1) is 0 Å². The molecule has 0 saturated heterocycles. The molecule has 1 N–H and O–H groups in total. The van der Waals surface area contributed by atoms with Gasteiger partial charge in [0.05, 0.1) is 6.10 Å². The summed E-state index contributed by atoms with van der Waals surface area (Å²) < 4.78 is 22.8. The molecule has 0 heterocycles. The fourth-order valence-corrected chi connectivity index (χ4v) is 0.813. The van der Waals surface area contributed by atoms with Crippen LogP contribution in [-0.4, -0.2) is 14.9 Å². The van der Waals surface area contributed by atoms with Gasteiger partial charge in [-0.25, -0.2) is 0 Å². The van der Waals surface area contributed by atoms with Gasteiger partial charge in [0.25, 0.3) is 0 Å². The first-order valence-electron chi connectivity index (χ1n) is 3.11. The molecule has 0 bridgehead atoms. The van der Waals surface area contributed by atoms with Crippen LogP contribution in [0.3, 0.4) is 0 Å². The van der Waals surface area contributed by atoms with E-state index < -0.39 is 11.4 Å². The minimum absolute atomic E-state index is 0.286. The van der Waals surface area contributed by atoms with Gasteiger partial charge in [-0.05, 0) is 13.3 Å². The molecule has 10 heavy (non-hydrogen) atoms. The molecule has 0 spiro atoms. The van der Waals surface area contributed by atoms with E-state index in [2.05, 4.69) is 4.18 Å². The molecule has 0 aliphatic carbocycles. The highest BCUT2D eigenvalue weighted by molar-refractivity contribution is 7.74. The van der Waals surface area contributed by atoms with Crippen LogP contribution in [0.5, 0.6) is 0 Å². The van der Waals surface area contributed by atoms with E-state index in [1.54, 1.807) is 13.0 Å². The zero-order valence-corrected chi connectivity index (χ0v) is 6.93. The summed E-state index contributed by atoms with van der Waals surface area (Å²) in [6.07, 6.45) is 4.25. The van der Waals surface area contributed by atoms with Crippen LogP contribution in [0.4, 0.5) is 0 Å². The van der Waals surface area contributed by atoms with Crippen molar-refractivity contribution in [3.05, 3.63) is 12.2 Å². The first kappa shape index (κ1) is 9.81. The lowest BCUT2D eigenvalue weighted by Gasteiger charge is -2.01. The molecule has 0 saturated carbocycles. The highest BCUT2D eigenvalue weighted by atomic mass is 32.2. The summed E-state index contributed by atoms with van der Waals surface area (Å²) in [4.78, 5) is 0. The van der Waals surface area contributed by atoms with Gasteiger partial charge in [0.2, 0.25) is 0 Å². The van der Waals surface area contributed by atoms with Crippen molar-refractivity contribution >= 4 is 11.4 Å². The third-order valence-electron chi connectivity index (χ3n) is 0.877. The lowest BCUT2D eigenvalue weighted by atomic mass is 10.3. The van der Waals surface area contributed by atoms with E-state index >= 15 is 0 Å². The van der Waals surface area contributed by atoms with E-state index in [0.717, 1.165) is 6.42 Å². The first-order valence-corrected chi connectivity index (χ1v) is 4.14. The van der Waals surface area contributed by atoms with Crippen molar-refractivity contribution < 1.29 is 12.9 Å². The third kappa shape index (κ3) is 5.94. The summed E-state index contributed by atoms with van der Waals surface area (Å²) in [7, 11) is 0. The maximum absolute atomic E-state index is 10.0. The highest BCUT2D eigenvalue weighted by Gasteiger charge is 1.99. The first-order chi connectivity index (χ1) is 4.66. The quantitative estimate of drug-likeness (QED) is 0.506. The van der Waals surface area contributed by atoms with Crippen molar-refractivity contribution in [1.82, 2.24) is 0 Å². The predicted molar refractivity (Wildman–Crippen MR) is 40.7 cm³/mol. The standard InChI is InChI=1S/C6H12O3S/c1-3-4-5-6(2)9-10(7)8/h4-6H,3H2,1-2H3,(H,7,8)/b5-4+. The molecule has 0 rings (SSSR count). The van der Waals surface area contributed by atoms with Gasteiger partial charge in [0.15, 0.2) is 0 Å². The number of rotatable bonds is 4. The number of allylic oxidation sites excluding steroid dienone is 1. The van der Waals surface area contributed by atoms with E-state index in [1.165, 1.54) is 0 Å². The summed E-state index contributed by atoms with van der Waals surface area (Å²) in [5.74, 6) is 0. The van der Waals surface area contributed by atoms with Gasteiger partial charge in [0.1, 0.15) is 0 Å². The van der Waals surface area contributed by atoms with Crippen molar-refractivity contribution in [2.45, 2.75) is 26.4 Å². The fourth-order valence-electron chi connectivity index (χ4n) is 0.490. The summed E-state index contributed by atoms with van der Waals surface area (Å²) in [6.45, 7) is 3.69. The normalized spacial score (nSPS) is 17.5. The summed E-state index contributed by atoms with van der Waals surface area (Å²) in [6, 6.07) is 0. The molecule has 0 amide bonds. The molecule has 4 heteroatoms. The van der Waals surface area contributed by atoms with Crippen LogP contribution in [0.1, 0.15) is 20.3 Å². The van der Waals surface area contributed by atoms with E-state index in [0.29, 0.717) is 0 Å². The summed E-state index contributed by atoms with van der Waals surface area (Å²) in [5.41, 5.74) is 0. The molecule has 0 aromatic rings. The van der Waals surface area contributed by atoms with Gasteiger partial charge in [-0.1, -0.05) is 19.1 Å². The second-order valence-corrected chi connectivity index (χ2v) is 2.48. The van der Waals surface area contributed by atoms with Crippen LogP contribution in [0.25, 0.3) is 0 Å². The highest BCUT2D eigenvalue weighted by Crippen LogP contribution is 1.95. The van der Waals surface area contributed by atoms with Crippen LogP contribution in [-0.2, 0) is 15.5 Å². The van der Waals surface area contributed by atoms with Gasteiger partial charge in [-0.2, -0.15) is 4.21 Å². The monoisotopic (exact) mass is 164 g/mol. The van der Waals surface area contributed by atoms with E-state index in [4.69, 9.17) is 4.55 Å². The Labute approximate surface area is 63.6 Å². The Hall–Kier alpha value is -0.190. The van der Waals surface area contributed by atoms with Crippen LogP contribution in [0.15, 0.2) is 12.2 Å². The molecular weight excluding hydrogens is 152 g/mol. The Balaban J connectivity index is 3.52. The maximum atomic E-state index is 10.0. The lowest BCUT2D eigenvalue weighted by Crippen LogP contribution is -2.05. The molecule has 0 aliphatic rings. The van der Waals surface area contributed by atoms with Gasteiger partial charge < -0.3 is 0 Å². The molecule has 3 nitrogen and oxygen atoms in total. The Morgan fingerprint density at radius 2 is 2.40 bits per heavy atom. The van der Waals surface area contributed by atoms with E-state index in [-0.39, 0.29) is 6.10 Å². The average Bonchev–Trinajstić information content (AvgIpc) is 1.82. The summed E-state index contributed by atoms with van der Waals surface area (Å²) >= 11 is -2.15. The van der Waals surface area contributed by atoms with Gasteiger partial charge >= 0.3 is 11.4 Å². The largest absolute Gasteiger partial charge is 0.302 e. The number of hydrogen-bond acceptors (Lipinski definition) is 2. The Kier molecular flexibility index (Phi) is 5.48. The van der Waals surface area contributed by atoms with Gasteiger partial charge in [0, 0.05) is 0 Å². The maximum Gasteiger partial charge on any atom is 0.302 e. The van der Waals surface area contributed by atoms with Crippen LogP contribution >= 0.6 is 0 Å². The van der Waals surface area contributed by atoms with E-state index in [9.17, 15) is 4.21 Å². The fraction of sp³-hybridized carbons (Fsp3) is 0.667. The van der Waals surface area contributed by atoms with Crippen LogP contribution in [0, 0.1) is 0 Å². The Bertz CT molecular complexity index is 133. The average molecular weight is 164 g/mol. The molecule has 0 fully saturated rings. The molecular formula is C6H12O3S. The van der Waals surface area contributed by atoms with Crippen molar-refractivity contribution in [2.24, 2.45) is 0 Å². The van der Waals surface area contributed by atoms with Crippen molar-refractivity contribution in [1.29, 1.82) is 0 Å².